The molecular weight excluding hydrogens is 538 g/mol. The number of hydrogen-bond donors (Lipinski definition) is 0. The molecule has 3 aromatic rings. The molecule has 1 fully saturated rings. The number of amides is 1. The SMILES string of the molecule is COC(=O)c1ccc2c(c1)CCCC(c1cccc3c1CCCO3)=C2c1ccc(C=C2CN(C(=O)OC(C)(C)C)C2)cc1. The third-order valence-electron chi connectivity index (χ3n) is 8.27. The minimum atomic E-state index is -0.497. The van der Waals surface area contributed by atoms with E-state index in [0.717, 1.165) is 66.7 Å². The third-order valence-corrected chi connectivity index (χ3v) is 8.27. The van der Waals surface area contributed by atoms with Crippen molar-refractivity contribution in [2.24, 2.45) is 0 Å². The molecule has 3 aliphatic rings. The molecule has 2 aliphatic heterocycles. The van der Waals surface area contributed by atoms with Gasteiger partial charge >= 0.3 is 12.1 Å². The maximum absolute atomic E-state index is 12.4. The van der Waals surface area contributed by atoms with E-state index in [1.165, 1.54) is 35.0 Å². The second-order valence-electron chi connectivity index (χ2n) is 12.6. The number of carbonyl (C=O) groups excluding carboxylic acids is 2. The number of hydrogen-bond acceptors (Lipinski definition) is 5. The van der Waals surface area contributed by atoms with Crippen molar-refractivity contribution in [2.45, 2.75) is 58.5 Å². The highest BCUT2D eigenvalue weighted by atomic mass is 16.6. The molecule has 43 heavy (non-hydrogen) atoms. The Kier molecular flexibility index (Phi) is 7.87. The molecule has 0 bridgehead atoms. The zero-order chi connectivity index (χ0) is 30.1. The van der Waals surface area contributed by atoms with E-state index in [0.29, 0.717) is 18.7 Å². The van der Waals surface area contributed by atoms with Gasteiger partial charge in [-0.3, -0.25) is 0 Å². The largest absolute Gasteiger partial charge is 0.493 e. The van der Waals surface area contributed by atoms with Crippen LogP contribution < -0.4 is 4.74 Å². The van der Waals surface area contributed by atoms with E-state index >= 15 is 0 Å². The van der Waals surface area contributed by atoms with Crippen molar-refractivity contribution in [3.05, 3.63) is 105 Å². The van der Waals surface area contributed by atoms with Gasteiger partial charge in [0, 0.05) is 18.7 Å². The molecule has 6 heteroatoms. The smallest absolute Gasteiger partial charge is 0.410 e. The molecule has 0 aromatic heterocycles. The minimum absolute atomic E-state index is 0.268. The lowest BCUT2D eigenvalue weighted by atomic mass is 9.84. The fraction of sp³-hybridized carbons (Fsp3) is 0.351. The van der Waals surface area contributed by atoms with E-state index in [9.17, 15) is 9.59 Å². The van der Waals surface area contributed by atoms with Gasteiger partial charge in [0.25, 0.3) is 0 Å². The van der Waals surface area contributed by atoms with Gasteiger partial charge in [0.15, 0.2) is 0 Å². The van der Waals surface area contributed by atoms with Gasteiger partial charge in [0.2, 0.25) is 0 Å². The van der Waals surface area contributed by atoms with E-state index in [1.54, 1.807) is 4.90 Å². The number of benzene rings is 3. The Hall–Kier alpha value is -4.32. The summed E-state index contributed by atoms with van der Waals surface area (Å²) >= 11 is 0. The Morgan fingerprint density at radius 1 is 0.907 bits per heavy atom. The van der Waals surface area contributed by atoms with Crippen LogP contribution in [0.25, 0.3) is 17.2 Å². The van der Waals surface area contributed by atoms with Gasteiger partial charge in [-0.1, -0.05) is 48.5 Å². The zero-order valence-corrected chi connectivity index (χ0v) is 25.5. The highest BCUT2D eigenvalue weighted by Crippen LogP contribution is 2.43. The number of esters is 1. The number of fused-ring (bicyclic) bond motifs is 2. The van der Waals surface area contributed by atoms with Crippen molar-refractivity contribution in [3.8, 4) is 5.75 Å². The van der Waals surface area contributed by atoms with Crippen molar-refractivity contribution in [3.63, 3.8) is 0 Å². The highest BCUT2D eigenvalue weighted by molar-refractivity contribution is 6.01. The van der Waals surface area contributed by atoms with Crippen LogP contribution in [0.2, 0.25) is 0 Å². The lowest BCUT2D eigenvalue weighted by Gasteiger charge is -2.35. The maximum atomic E-state index is 12.4. The van der Waals surface area contributed by atoms with Gasteiger partial charge in [-0.25, -0.2) is 9.59 Å². The lowest BCUT2D eigenvalue weighted by Crippen LogP contribution is -2.46. The molecule has 0 unspecified atom stereocenters. The predicted molar refractivity (Wildman–Crippen MR) is 169 cm³/mol. The summed E-state index contributed by atoms with van der Waals surface area (Å²) in [4.78, 5) is 26.4. The molecule has 1 saturated heterocycles. The van der Waals surface area contributed by atoms with Crippen LogP contribution in [0.5, 0.6) is 5.75 Å². The Morgan fingerprint density at radius 3 is 2.44 bits per heavy atom. The van der Waals surface area contributed by atoms with Gasteiger partial charge in [-0.05, 0) is 116 Å². The molecule has 0 spiro atoms. The second kappa shape index (κ2) is 11.8. The van der Waals surface area contributed by atoms with Crippen LogP contribution in [-0.4, -0.2) is 49.4 Å². The second-order valence-corrected chi connectivity index (χ2v) is 12.6. The quantitative estimate of drug-likeness (QED) is 0.297. The summed E-state index contributed by atoms with van der Waals surface area (Å²) in [5.74, 6) is 0.676. The fourth-order valence-corrected chi connectivity index (χ4v) is 6.28. The first kappa shape index (κ1) is 28.8. The number of aryl methyl sites for hydroxylation is 1. The first-order valence-corrected chi connectivity index (χ1v) is 15.2. The molecule has 6 nitrogen and oxygen atoms in total. The number of methoxy groups -OCH3 is 1. The van der Waals surface area contributed by atoms with Crippen LogP contribution in [0.3, 0.4) is 0 Å². The summed E-state index contributed by atoms with van der Waals surface area (Å²) in [6.45, 7) is 7.58. The highest BCUT2D eigenvalue weighted by Gasteiger charge is 2.29. The average molecular weight is 578 g/mol. The molecule has 0 radical (unpaired) electrons. The summed E-state index contributed by atoms with van der Waals surface area (Å²) in [6.07, 6.45) is 6.71. The molecule has 6 rings (SSSR count). The van der Waals surface area contributed by atoms with Crippen molar-refractivity contribution in [2.75, 3.05) is 26.8 Å². The molecular formula is C37H39NO5. The number of likely N-dealkylation sites (tertiary alicyclic amines) is 1. The third kappa shape index (κ3) is 6.10. The van der Waals surface area contributed by atoms with Gasteiger partial charge in [0.1, 0.15) is 11.4 Å². The van der Waals surface area contributed by atoms with Crippen LogP contribution in [-0.2, 0) is 22.3 Å². The topological polar surface area (TPSA) is 65.1 Å². The van der Waals surface area contributed by atoms with E-state index in [-0.39, 0.29) is 12.1 Å². The average Bonchev–Trinajstić information content (AvgIpc) is 3.16. The van der Waals surface area contributed by atoms with Gasteiger partial charge < -0.3 is 19.1 Å². The van der Waals surface area contributed by atoms with Crippen LogP contribution in [0.1, 0.15) is 83.8 Å². The van der Waals surface area contributed by atoms with Crippen molar-refractivity contribution in [1.29, 1.82) is 0 Å². The van der Waals surface area contributed by atoms with Crippen LogP contribution in [0.4, 0.5) is 4.79 Å². The van der Waals surface area contributed by atoms with E-state index < -0.39 is 5.60 Å². The maximum Gasteiger partial charge on any atom is 0.410 e. The Balaban J connectivity index is 1.37. The van der Waals surface area contributed by atoms with Crippen LogP contribution in [0, 0.1) is 0 Å². The molecule has 222 valence electrons. The number of nitrogens with zero attached hydrogens (tertiary/aromatic N) is 1. The van der Waals surface area contributed by atoms with E-state index in [4.69, 9.17) is 14.2 Å². The fourth-order valence-electron chi connectivity index (χ4n) is 6.28. The lowest BCUT2D eigenvalue weighted by molar-refractivity contribution is 0.0216. The van der Waals surface area contributed by atoms with Gasteiger partial charge in [-0.2, -0.15) is 0 Å². The first-order valence-electron chi connectivity index (χ1n) is 15.2. The van der Waals surface area contributed by atoms with E-state index in [1.807, 2.05) is 32.9 Å². The molecule has 0 atom stereocenters. The number of carbonyl (C=O) groups is 2. The normalized spacial score (nSPS) is 16.3. The van der Waals surface area contributed by atoms with E-state index in [2.05, 4.69) is 54.6 Å². The summed E-state index contributed by atoms with van der Waals surface area (Å²) in [7, 11) is 1.42. The van der Waals surface area contributed by atoms with Gasteiger partial charge in [-0.15, -0.1) is 0 Å². The number of allylic oxidation sites excluding steroid dienone is 1. The monoisotopic (exact) mass is 577 g/mol. The van der Waals surface area contributed by atoms with Crippen molar-refractivity contribution < 1.29 is 23.8 Å². The van der Waals surface area contributed by atoms with Crippen LogP contribution >= 0.6 is 0 Å². The summed E-state index contributed by atoms with van der Waals surface area (Å²) in [6, 6.07) is 21.1. The first-order chi connectivity index (χ1) is 20.7. The Bertz CT molecular complexity index is 1620. The van der Waals surface area contributed by atoms with Gasteiger partial charge in [0.05, 0.1) is 19.3 Å². The number of rotatable bonds is 4. The molecule has 2 heterocycles. The molecule has 1 aliphatic carbocycles. The summed E-state index contributed by atoms with van der Waals surface area (Å²) in [5.41, 5.74) is 10.9. The molecule has 3 aromatic carbocycles. The van der Waals surface area contributed by atoms with Crippen molar-refractivity contribution >= 4 is 29.3 Å². The van der Waals surface area contributed by atoms with Crippen molar-refractivity contribution in [1.82, 2.24) is 4.90 Å². The van der Waals surface area contributed by atoms with Crippen LogP contribution in [0.15, 0.2) is 66.2 Å². The predicted octanol–water partition coefficient (Wildman–Crippen LogP) is 7.73. The Labute approximate surface area is 254 Å². The standard InChI is InChI=1S/C37H39NO5/c1-37(2,3)43-36(40)38-22-25(23-38)20-24-13-15-26(16-14-24)34-29-18-17-28(35(39)41-4)21-27(29)8-5-10-32(34)30-9-6-12-33-31(30)11-7-19-42-33/h6,9,12-18,20-21H,5,7-8,10-11,19,22-23H2,1-4H3. The summed E-state index contributed by atoms with van der Waals surface area (Å²) < 4.78 is 16.6. The number of ether oxygens (including phenoxy) is 3. The zero-order valence-electron chi connectivity index (χ0n) is 25.5. The molecule has 1 amide bonds. The molecule has 0 N–H and O–H groups in total. The molecule has 0 saturated carbocycles. The minimum Gasteiger partial charge on any atom is -0.493 e. The summed E-state index contributed by atoms with van der Waals surface area (Å²) in [5, 5.41) is 0. The Morgan fingerprint density at radius 2 is 1.70 bits per heavy atom.